The molecule has 0 unspecified atom stereocenters. The summed E-state index contributed by atoms with van der Waals surface area (Å²) in [4.78, 5) is 12.6. The predicted octanol–water partition coefficient (Wildman–Crippen LogP) is 5.56. The molecule has 0 spiro atoms. The van der Waals surface area contributed by atoms with E-state index in [1.54, 1.807) is 31.5 Å². The van der Waals surface area contributed by atoms with Crippen LogP contribution in [-0.4, -0.2) is 19.2 Å². The highest BCUT2D eigenvalue weighted by atomic mass is 79.9. The maximum absolute atomic E-state index is 12.6. The van der Waals surface area contributed by atoms with Crippen molar-refractivity contribution in [2.24, 2.45) is 5.10 Å². The number of amides is 1. The molecule has 0 aliphatic carbocycles. The molecule has 3 rings (SSSR count). The SMILES string of the molecule is COc1ccc(Br)c(/C=N/NC(=O)c2ccccc2OCc2cccc(Br)c2)c1. The molecule has 0 radical (unpaired) electrons. The molecule has 1 N–H and O–H groups in total. The van der Waals surface area contributed by atoms with Crippen LogP contribution >= 0.6 is 31.9 Å². The standard InChI is InChI=1S/C22H18Br2N2O3/c1-28-18-9-10-20(24)16(12-18)13-25-26-22(27)19-7-2-3-8-21(19)29-14-15-5-4-6-17(23)11-15/h2-13H,14H2,1H3,(H,26,27)/b25-13+. The largest absolute Gasteiger partial charge is 0.497 e. The van der Waals surface area contributed by atoms with Crippen LogP contribution in [-0.2, 0) is 6.61 Å². The van der Waals surface area contributed by atoms with Crippen LogP contribution in [0.1, 0.15) is 21.5 Å². The van der Waals surface area contributed by atoms with E-state index in [1.165, 1.54) is 0 Å². The monoisotopic (exact) mass is 516 g/mol. The minimum Gasteiger partial charge on any atom is -0.497 e. The highest BCUT2D eigenvalue weighted by Crippen LogP contribution is 2.22. The third-order valence-electron chi connectivity index (χ3n) is 3.99. The van der Waals surface area contributed by atoms with E-state index in [2.05, 4.69) is 42.4 Å². The van der Waals surface area contributed by atoms with Gasteiger partial charge in [-0.3, -0.25) is 4.79 Å². The quantitative estimate of drug-likeness (QED) is 0.329. The van der Waals surface area contributed by atoms with Gasteiger partial charge in [0, 0.05) is 14.5 Å². The van der Waals surface area contributed by atoms with Gasteiger partial charge in [0.05, 0.1) is 18.9 Å². The number of carbonyl (C=O) groups is 1. The molecular formula is C22H18Br2N2O3. The first-order valence-corrected chi connectivity index (χ1v) is 10.3. The third kappa shape index (κ3) is 5.92. The number of nitrogens with one attached hydrogen (secondary N) is 1. The number of nitrogens with zero attached hydrogens (tertiary/aromatic N) is 1. The van der Waals surface area contributed by atoms with E-state index in [4.69, 9.17) is 9.47 Å². The lowest BCUT2D eigenvalue weighted by molar-refractivity contribution is 0.0950. The zero-order chi connectivity index (χ0) is 20.6. The van der Waals surface area contributed by atoms with Gasteiger partial charge < -0.3 is 9.47 Å². The second-order valence-corrected chi connectivity index (χ2v) is 7.77. The highest BCUT2D eigenvalue weighted by Gasteiger charge is 2.12. The average Bonchev–Trinajstić information content (AvgIpc) is 2.74. The molecule has 0 bridgehead atoms. The number of hydrogen-bond donors (Lipinski definition) is 1. The van der Waals surface area contributed by atoms with Gasteiger partial charge in [0.25, 0.3) is 5.91 Å². The summed E-state index contributed by atoms with van der Waals surface area (Å²) in [6.07, 6.45) is 1.55. The summed E-state index contributed by atoms with van der Waals surface area (Å²) in [5.41, 5.74) is 4.73. The summed E-state index contributed by atoms with van der Waals surface area (Å²) in [6.45, 7) is 0.351. The van der Waals surface area contributed by atoms with Gasteiger partial charge in [0.1, 0.15) is 18.1 Å². The fraction of sp³-hybridized carbons (Fsp3) is 0.0909. The Bertz CT molecular complexity index is 1040. The van der Waals surface area contributed by atoms with Crippen molar-refractivity contribution in [3.8, 4) is 11.5 Å². The van der Waals surface area contributed by atoms with Gasteiger partial charge >= 0.3 is 0 Å². The van der Waals surface area contributed by atoms with E-state index in [0.717, 1.165) is 20.1 Å². The van der Waals surface area contributed by atoms with Gasteiger partial charge in [-0.25, -0.2) is 5.43 Å². The van der Waals surface area contributed by atoms with Crippen LogP contribution < -0.4 is 14.9 Å². The molecule has 0 fully saturated rings. The molecule has 0 aromatic heterocycles. The second kappa shape index (κ2) is 10.2. The topological polar surface area (TPSA) is 59.9 Å². The molecule has 0 aliphatic rings. The van der Waals surface area contributed by atoms with Gasteiger partial charge in [0.15, 0.2) is 0 Å². The molecule has 5 nitrogen and oxygen atoms in total. The fourth-order valence-electron chi connectivity index (χ4n) is 2.54. The van der Waals surface area contributed by atoms with Crippen molar-refractivity contribution in [3.63, 3.8) is 0 Å². The van der Waals surface area contributed by atoms with Gasteiger partial charge in [-0.05, 0) is 48.0 Å². The number of ether oxygens (including phenoxy) is 2. The Hall–Kier alpha value is -2.64. The van der Waals surface area contributed by atoms with Crippen molar-refractivity contribution in [1.29, 1.82) is 0 Å². The summed E-state index contributed by atoms with van der Waals surface area (Å²) in [6, 6.07) is 20.4. The smallest absolute Gasteiger partial charge is 0.275 e. The summed E-state index contributed by atoms with van der Waals surface area (Å²) < 4.78 is 12.9. The Kier molecular flexibility index (Phi) is 7.43. The number of hydrazone groups is 1. The van der Waals surface area contributed by atoms with Gasteiger partial charge in [-0.2, -0.15) is 5.10 Å². The maximum Gasteiger partial charge on any atom is 0.275 e. The number of rotatable bonds is 7. The zero-order valence-electron chi connectivity index (χ0n) is 15.6. The van der Waals surface area contributed by atoms with Crippen molar-refractivity contribution in [1.82, 2.24) is 5.43 Å². The van der Waals surface area contributed by atoms with E-state index in [1.807, 2.05) is 48.5 Å². The first kappa shape index (κ1) is 21.1. The lowest BCUT2D eigenvalue weighted by Crippen LogP contribution is -2.18. The van der Waals surface area contributed by atoms with E-state index >= 15 is 0 Å². The number of para-hydroxylation sites is 1. The lowest BCUT2D eigenvalue weighted by Gasteiger charge is -2.10. The molecule has 3 aromatic carbocycles. The first-order chi connectivity index (χ1) is 14.1. The molecule has 3 aromatic rings. The molecular weight excluding hydrogens is 500 g/mol. The van der Waals surface area contributed by atoms with E-state index in [9.17, 15) is 4.79 Å². The Balaban J connectivity index is 1.68. The molecule has 0 aliphatic heterocycles. The number of carbonyl (C=O) groups excluding carboxylic acids is 1. The second-order valence-electron chi connectivity index (χ2n) is 6.00. The Morgan fingerprint density at radius 1 is 1.07 bits per heavy atom. The Labute approximate surface area is 186 Å². The predicted molar refractivity (Wildman–Crippen MR) is 121 cm³/mol. The van der Waals surface area contributed by atoms with Crippen LogP contribution in [0.5, 0.6) is 11.5 Å². The molecule has 0 saturated carbocycles. The average molecular weight is 518 g/mol. The van der Waals surface area contributed by atoms with E-state index < -0.39 is 0 Å². The first-order valence-electron chi connectivity index (χ1n) is 8.70. The zero-order valence-corrected chi connectivity index (χ0v) is 18.7. The molecule has 7 heteroatoms. The number of benzene rings is 3. The lowest BCUT2D eigenvalue weighted by atomic mass is 10.2. The van der Waals surface area contributed by atoms with Crippen molar-refractivity contribution >= 4 is 44.0 Å². The summed E-state index contributed by atoms with van der Waals surface area (Å²) >= 11 is 6.89. The van der Waals surface area contributed by atoms with Crippen LogP contribution in [0, 0.1) is 0 Å². The van der Waals surface area contributed by atoms with E-state index in [0.29, 0.717) is 23.7 Å². The number of methoxy groups -OCH3 is 1. The minimum absolute atomic E-state index is 0.351. The maximum atomic E-state index is 12.6. The van der Waals surface area contributed by atoms with E-state index in [-0.39, 0.29) is 5.91 Å². The van der Waals surface area contributed by atoms with Crippen LogP contribution in [0.4, 0.5) is 0 Å². The number of halogens is 2. The highest BCUT2D eigenvalue weighted by molar-refractivity contribution is 9.10. The minimum atomic E-state index is -0.356. The van der Waals surface area contributed by atoms with Crippen LogP contribution in [0.2, 0.25) is 0 Å². The van der Waals surface area contributed by atoms with Crippen LogP contribution in [0.25, 0.3) is 0 Å². The third-order valence-corrected chi connectivity index (χ3v) is 5.20. The van der Waals surface area contributed by atoms with Crippen molar-refractivity contribution < 1.29 is 14.3 Å². The van der Waals surface area contributed by atoms with Crippen LogP contribution in [0.15, 0.2) is 80.8 Å². The number of hydrogen-bond acceptors (Lipinski definition) is 4. The molecule has 148 valence electrons. The van der Waals surface area contributed by atoms with Crippen molar-refractivity contribution in [2.75, 3.05) is 7.11 Å². The van der Waals surface area contributed by atoms with Crippen molar-refractivity contribution in [3.05, 3.63) is 92.4 Å². The Morgan fingerprint density at radius 2 is 1.90 bits per heavy atom. The van der Waals surface area contributed by atoms with Gasteiger partial charge in [-0.1, -0.05) is 56.1 Å². The van der Waals surface area contributed by atoms with Gasteiger partial charge in [-0.15, -0.1) is 0 Å². The molecule has 0 heterocycles. The fourth-order valence-corrected chi connectivity index (χ4v) is 3.33. The molecule has 0 saturated heterocycles. The van der Waals surface area contributed by atoms with Crippen molar-refractivity contribution in [2.45, 2.75) is 6.61 Å². The molecule has 0 atom stereocenters. The summed E-state index contributed by atoms with van der Waals surface area (Å²) in [5.74, 6) is 0.833. The molecule has 1 amide bonds. The van der Waals surface area contributed by atoms with Crippen LogP contribution in [0.3, 0.4) is 0 Å². The molecule has 29 heavy (non-hydrogen) atoms. The Morgan fingerprint density at radius 3 is 2.69 bits per heavy atom. The normalized spacial score (nSPS) is 10.7. The van der Waals surface area contributed by atoms with Gasteiger partial charge in [0.2, 0.25) is 0 Å². The summed E-state index contributed by atoms with van der Waals surface area (Å²) in [7, 11) is 1.59. The summed E-state index contributed by atoms with van der Waals surface area (Å²) in [5, 5.41) is 4.05.